The van der Waals surface area contributed by atoms with Gasteiger partial charge in [-0.15, -0.1) is 5.10 Å². The first-order valence-electron chi connectivity index (χ1n) is 5.83. The van der Waals surface area contributed by atoms with E-state index < -0.39 is 0 Å². The van der Waals surface area contributed by atoms with E-state index in [0.717, 1.165) is 17.9 Å². The average molecular weight is 248 g/mol. The van der Waals surface area contributed by atoms with Crippen LogP contribution in [0.1, 0.15) is 12.5 Å². The largest absolute Gasteiger partial charge is 0.478 e. The Bertz CT molecular complexity index is 484. The lowest BCUT2D eigenvalue weighted by Crippen LogP contribution is -2.13. The van der Waals surface area contributed by atoms with Crippen LogP contribution in [0.15, 0.2) is 18.7 Å². The van der Waals surface area contributed by atoms with Gasteiger partial charge in [-0.25, -0.2) is 9.97 Å². The zero-order valence-electron chi connectivity index (χ0n) is 10.5. The van der Waals surface area contributed by atoms with Crippen LogP contribution in [0.2, 0.25) is 0 Å². The molecule has 0 aliphatic carbocycles. The summed E-state index contributed by atoms with van der Waals surface area (Å²) in [5.41, 5.74) is 0.915. The molecule has 0 aromatic carbocycles. The van der Waals surface area contributed by atoms with Crippen LogP contribution in [0.4, 0.5) is 5.82 Å². The quantitative estimate of drug-likeness (QED) is 0.818. The van der Waals surface area contributed by atoms with Gasteiger partial charge in [0.2, 0.25) is 5.88 Å². The van der Waals surface area contributed by atoms with Crippen molar-refractivity contribution in [2.75, 3.05) is 18.5 Å². The molecule has 96 valence electrons. The van der Waals surface area contributed by atoms with E-state index in [1.165, 1.54) is 6.33 Å². The zero-order valence-corrected chi connectivity index (χ0v) is 10.5. The molecule has 0 unspecified atom stereocenters. The molecular weight excluding hydrogens is 232 g/mol. The topological polar surface area (TPSA) is 77.8 Å². The Labute approximate surface area is 105 Å². The fraction of sp³-hybridized carbons (Fsp3) is 0.455. The number of anilines is 1. The summed E-state index contributed by atoms with van der Waals surface area (Å²) in [5.74, 6) is 1.41. The molecule has 0 saturated heterocycles. The summed E-state index contributed by atoms with van der Waals surface area (Å²) in [6.45, 7) is 5.90. The van der Waals surface area contributed by atoms with Crippen molar-refractivity contribution in [1.29, 1.82) is 0 Å². The zero-order chi connectivity index (χ0) is 12.8. The highest BCUT2D eigenvalue weighted by Gasteiger charge is 2.06. The maximum Gasteiger partial charge on any atom is 0.221 e. The number of ether oxygens (including phenoxy) is 1. The number of rotatable bonds is 6. The summed E-state index contributed by atoms with van der Waals surface area (Å²) < 4.78 is 7.17. The first-order chi connectivity index (χ1) is 8.81. The van der Waals surface area contributed by atoms with Crippen LogP contribution in [-0.4, -0.2) is 38.1 Å². The number of hydrogen-bond acceptors (Lipinski definition) is 6. The van der Waals surface area contributed by atoms with Crippen molar-refractivity contribution in [2.45, 2.75) is 20.4 Å². The normalized spacial score (nSPS) is 10.3. The van der Waals surface area contributed by atoms with Gasteiger partial charge in [0, 0.05) is 12.7 Å². The molecular formula is C11H16N6O. The molecule has 18 heavy (non-hydrogen) atoms. The summed E-state index contributed by atoms with van der Waals surface area (Å²) in [7, 11) is 0. The van der Waals surface area contributed by atoms with E-state index in [9.17, 15) is 0 Å². The molecule has 0 radical (unpaired) electrons. The minimum Gasteiger partial charge on any atom is -0.478 e. The molecule has 1 N–H and O–H groups in total. The third kappa shape index (κ3) is 2.93. The maximum absolute atomic E-state index is 5.41. The molecule has 0 aliphatic rings. The Kier molecular flexibility index (Phi) is 4.06. The fourth-order valence-corrected chi connectivity index (χ4v) is 1.54. The minimum atomic E-state index is 0.594. The van der Waals surface area contributed by atoms with Crippen molar-refractivity contribution in [2.24, 2.45) is 0 Å². The molecule has 0 bridgehead atoms. The molecule has 7 heteroatoms. The van der Waals surface area contributed by atoms with Gasteiger partial charge in [-0.1, -0.05) is 5.21 Å². The van der Waals surface area contributed by atoms with Gasteiger partial charge < -0.3 is 10.1 Å². The lowest BCUT2D eigenvalue weighted by Gasteiger charge is -2.11. The molecule has 2 rings (SSSR count). The highest BCUT2D eigenvalue weighted by molar-refractivity contribution is 5.47. The van der Waals surface area contributed by atoms with Crippen LogP contribution in [0, 0.1) is 6.92 Å². The van der Waals surface area contributed by atoms with Crippen LogP contribution in [0.5, 0.6) is 5.88 Å². The van der Waals surface area contributed by atoms with Gasteiger partial charge >= 0.3 is 0 Å². The van der Waals surface area contributed by atoms with E-state index >= 15 is 0 Å². The van der Waals surface area contributed by atoms with Crippen LogP contribution in [0.3, 0.4) is 0 Å². The molecule has 2 aromatic heterocycles. The Hall–Kier alpha value is -2.18. The van der Waals surface area contributed by atoms with Crippen molar-refractivity contribution in [1.82, 2.24) is 25.0 Å². The first kappa shape index (κ1) is 12.3. The fourth-order valence-electron chi connectivity index (χ4n) is 1.54. The highest BCUT2D eigenvalue weighted by atomic mass is 16.5. The summed E-state index contributed by atoms with van der Waals surface area (Å²) in [6, 6.07) is 0. The molecule has 0 spiro atoms. The van der Waals surface area contributed by atoms with Gasteiger partial charge in [0.05, 0.1) is 24.9 Å². The van der Waals surface area contributed by atoms with E-state index in [2.05, 4.69) is 25.6 Å². The minimum absolute atomic E-state index is 0.594. The molecule has 0 aliphatic heterocycles. The van der Waals surface area contributed by atoms with Gasteiger partial charge in [-0.3, -0.25) is 4.68 Å². The Morgan fingerprint density at radius 3 is 3.00 bits per heavy atom. The molecule has 2 heterocycles. The van der Waals surface area contributed by atoms with Gasteiger partial charge in [-0.05, 0) is 13.8 Å². The van der Waals surface area contributed by atoms with Crippen molar-refractivity contribution in [3.8, 4) is 5.88 Å². The molecule has 0 fully saturated rings. The summed E-state index contributed by atoms with van der Waals surface area (Å²) >= 11 is 0. The smallest absolute Gasteiger partial charge is 0.221 e. The molecule has 0 amide bonds. The SMILES string of the molecule is CCOc1ncnc(NCCn2ccnn2)c1C. The Morgan fingerprint density at radius 1 is 1.39 bits per heavy atom. The van der Waals surface area contributed by atoms with E-state index in [1.807, 2.05) is 20.0 Å². The van der Waals surface area contributed by atoms with Crippen LogP contribution < -0.4 is 10.1 Å². The van der Waals surface area contributed by atoms with Gasteiger partial charge in [0.25, 0.3) is 0 Å². The van der Waals surface area contributed by atoms with E-state index in [1.54, 1.807) is 10.9 Å². The summed E-state index contributed by atoms with van der Waals surface area (Å²) in [5, 5.41) is 10.9. The lowest BCUT2D eigenvalue weighted by molar-refractivity contribution is 0.324. The maximum atomic E-state index is 5.41. The van der Waals surface area contributed by atoms with E-state index in [-0.39, 0.29) is 0 Å². The second-order valence-electron chi connectivity index (χ2n) is 3.68. The predicted octanol–water partition coefficient (Wildman–Crippen LogP) is 0.887. The summed E-state index contributed by atoms with van der Waals surface area (Å²) in [6.07, 6.45) is 4.97. The number of hydrogen-bond donors (Lipinski definition) is 1. The van der Waals surface area contributed by atoms with Crippen molar-refractivity contribution >= 4 is 5.82 Å². The predicted molar refractivity (Wildman–Crippen MR) is 66.4 cm³/mol. The van der Waals surface area contributed by atoms with Gasteiger partial charge in [-0.2, -0.15) is 0 Å². The standard InChI is InChI=1S/C11H16N6O/c1-3-18-11-9(2)10(13-8-14-11)12-4-6-17-7-5-15-16-17/h5,7-8H,3-4,6H2,1-2H3,(H,12,13,14). The Morgan fingerprint density at radius 2 is 2.28 bits per heavy atom. The number of nitrogens with one attached hydrogen (secondary N) is 1. The average Bonchev–Trinajstić information content (AvgIpc) is 2.87. The summed E-state index contributed by atoms with van der Waals surface area (Å²) in [4.78, 5) is 8.28. The van der Waals surface area contributed by atoms with Crippen LogP contribution in [-0.2, 0) is 6.54 Å². The number of aromatic nitrogens is 5. The first-order valence-corrected chi connectivity index (χ1v) is 5.83. The van der Waals surface area contributed by atoms with Gasteiger partial charge in [0.1, 0.15) is 12.1 Å². The van der Waals surface area contributed by atoms with Crippen LogP contribution >= 0.6 is 0 Å². The van der Waals surface area contributed by atoms with E-state index in [4.69, 9.17) is 4.74 Å². The van der Waals surface area contributed by atoms with Crippen LogP contribution in [0.25, 0.3) is 0 Å². The molecule has 0 saturated carbocycles. The molecule has 2 aromatic rings. The number of nitrogens with zero attached hydrogens (tertiary/aromatic N) is 5. The highest BCUT2D eigenvalue weighted by Crippen LogP contribution is 2.19. The van der Waals surface area contributed by atoms with Gasteiger partial charge in [0.15, 0.2) is 0 Å². The molecule has 7 nitrogen and oxygen atoms in total. The Balaban J connectivity index is 1.94. The van der Waals surface area contributed by atoms with Crippen molar-refractivity contribution < 1.29 is 4.74 Å². The lowest BCUT2D eigenvalue weighted by atomic mass is 10.3. The third-order valence-corrected chi connectivity index (χ3v) is 2.42. The second-order valence-corrected chi connectivity index (χ2v) is 3.68. The molecule has 0 atom stereocenters. The van der Waals surface area contributed by atoms with Crippen molar-refractivity contribution in [3.05, 3.63) is 24.3 Å². The monoisotopic (exact) mass is 248 g/mol. The van der Waals surface area contributed by atoms with E-state index in [0.29, 0.717) is 19.0 Å². The van der Waals surface area contributed by atoms with Crippen molar-refractivity contribution in [3.63, 3.8) is 0 Å². The third-order valence-electron chi connectivity index (χ3n) is 2.42. The second kappa shape index (κ2) is 5.95.